The van der Waals surface area contributed by atoms with Crippen molar-refractivity contribution in [1.29, 1.82) is 0 Å². The number of benzene rings is 1. The van der Waals surface area contributed by atoms with E-state index in [1.165, 1.54) is 12.1 Å². The highest BCUT2D eigenvalue weighted by atomic mass is 19.4. The predicted molar refractivity (Wildman–Crippen MR) is 107 cm³/mol. The summed E-state index contributed by atoms with van der Waals surface area (Å²) in [6.45, 7) is 4.51. The first-order valence-electron chi connectivity index (χ1n) is 10.3. The lowest BCUT2D eigenvalue weighted by Crippen LogP contribution is -2.60. The van der Waals surface area contributed by atoms with Crippen molar-refractivity contribution in [3.05, 3.63) is 52.8 Å². The minimum atomic E-state index is -4.40. The number of aromatic nitrogens is 2. The van der Waals surface area contributed by atoms with Gasteiger partial charge in [0.1, 0.15) is 0 Å². The average molecular weight is 434 g/mol. The molecule has 1 aromatic carbocycles. The molecular weight excluding hydrogens is 409 g/mol. The molecule has 0 saturated carbocycles. The molecule has 6 nitrogen and oxygen atoms in total. The van der Waals surface area contributed by atoms with Crippen LogP contribution in [0.1, 0.15) is 53.4 Å². The Morgan fingerprint density at radius 1 is 1.26 bits per heavy atom. The molecule has 2 saturated heterocycles. The van der Waals surface area contributed by atoms with Crippen LogP contribution in [0, 0.1) is 6.92 Å². The van der Waals surface area contributed by atoms with Gasteiger partial charge in [-0.25, -0.2) is 0 Å². The van der Waals surface area contributed by atoms with Gasteiger partial charge in [0.25, 0.3) is 5.91 Å². The van der Waals surface area contributed by atoms with E-state index >= 15 is 0 Å². The van der Waals surface area contributed by atoms with Gasteiger partial charge in [0.2, 0.25) is 5.91 Å². The smallest absolute Gasteiger partial charge is 0.333 e. The summed E-state index contributed by atoms with van der Waals surface area (Å²) in [4.78, 5) is 29.6. The number of rotatable bonds is 3. The number of piperidine rings is 1. The fraction of sp³-hybridized carbons (Fsp3) is 0.500. The van der Waals surface area contributed by atoms with Crippen LogP contribution in [0.15, 0.2) is 30.5 Å². The van der Waals surface area contributed by atoms with Crippen LogP contribution in [-0.4, -0.2) is 49.5 Å². The van der Waals surface area contributed by atoms with Gasteiger partial charge in [-0.05, 0) is 44.4 Å². The molecule has 0 unspecified atom stereocenters. The molecule has 31 heavy (non-hydrogen) atoms. The summed E-state index contributed by atoms with van der Waals surface area (Å²) in [7, 11) is 1.77. The maximum Gasteiger partial charge on any atom is 0.416 e. The lowest BCUT2D eigenvalue weighted by Gasteiger charge is -2.47. The Labute approximate surface area is 178 Å². The number of hydrogen-bond acceptors (Lipinski definition) is 3. The van der Waals surface area contributed by atoms with Crippen molar-refractivity contribution in [1.82, 2.24) is 19.6 Å². The zero-order valence-corrected chi connectivity index (χ0v) is 17.7. The number of carbonyl (C=O) groups excluding carboxylic acids is 2. The number of fused-ring (bicyclic) bond motifs is 1. The molecule has 2 amide bonds. The van der Waals surface area contributed by atoms with Crippen molar-refractivity contribution < 1.29 is 22.8 Å². The normalized spacial score (nSPS) is 23.9. The Balaban J connectivity index is 1.57. The fourth-order valence-corrected chi connectivity index (χ4v) is 4.92. The number of alkyl halides is 3. The van der Waals surface area contributed by atoms with Gasteiger partial charge >= 0.3 is 6.18 Å². The molecule has 2 fully saturated rings. The van der Waals surface area contributed by atoms with Crippen LogP contribution in [0.2, 0.25) is 0 Å². The highest BCUT2D eigenvalue weighted by Gasteiger charge is 2.53. The third kappa shape index (κ3) is 3.70. The third-order valence-corrected chi connectivity index (χ3v) is 6.63. The van der Waals surface area contributed by atoms with Crippen LogP contribution in [-0.2, 0) is 24.6 Å². The standard InChI is InChI=1S/C22H25F3N4O2/c1-14-17(13-27(3)26-14)20(31)28-11-10-21(2)18(28)8-9-19(30)29(21)12-15-4-6-16(7-5-15)22(23,24)25/h4-7,13,18H,8-12H2,1-3H3/t18-,21-/m0/s1. The van der Waals surface area contributed by atoms with Crippen LogP contribution in [0.5, 0.6) is 0 Å². The van der Waals surface area contributed by atoms with Crippen molar-refractivity contribution in [2.24, 2.45) is 7.05 Å². The molecule has 2 aliphatic rings. The first kappa shape index (κ1) is 21.4. The lowest BCUT2D eigenvalue weighted by atomic mass is 9.82. The van der Waals surface area contributed by atoms with E-state index < -0.39 is 17.3 Å². The number of aryl methyl sites for hydroxylation is 2. The number of nitrogens with zero attached hydrogens (tertiary/aromatic N) is 4. The fourth-order valence-electron chi connectivity index (χ4n) is 4.92. The maximum absolute atomic E-state index is 13.2. The second-order valence-corrected chi connectivity index (χ2v) is 8.64. The third-order valence-electron chi connectivity index (χ3n) is 6.63. The largest absolute Gasteiger partial charge is 0.416 e. The number of halogens is 3. The number of amides is 2. The molecule has 166 valence electrons. The topological polar surface area (TPSA) is 58.4 Å². The van der Waals surface area contributed by atoms with E-state index in [4.69, 9.17) is 0 Å². The van der Waals surface area contributed by atoms with Crippen LogP contribution in [0.3, 0.4) is 0 Å². The van der Waals surface area contributed by atoms with Crippen molar-refractivity contribution in [2.75, 3.05) is 6.54 Å². The van der Waals surface area contributed by atoms with E-state index in [9.17, 15) is 22.8 Å². The van der Waals surface area contributed by atoms with E-state index in [-0.39, 0.29) is 24.4 Å². The summed E-state index contributed by atoms with van der Waals surface area (Å²) in [5.74, 6) is -0.131. The number of carbonyl (C=O) groups is 2. The molecule has 0 bridgehead atoms. The van der Waals surface area contributed by atoms with E-state index in [2.05, 4.69) is 5.10 Å². The van der Waals surface area contributed by atoms with Crippen LogP contribution in [0.4, 0.5) is 13.2 Å². The summed E-state index contributed by atoms with van der Waals surface area (Å²) in [6, 6.07) is 4.77. The minimum absolute atomic E-state index is 0.0366. The zero-order chi connectivity index (χ0) is 22.6. The molecule has 4 rings (SSSR count). The van der Waals surface area contributed by atoms with Gasteiger partial charge in [-0.2, -0.15) is 18.3 Å². The summed E-state index contributed by atoms with van der Waals surface area (Å²) in [5, 5.41) is 4.26. The Hall–Kier alpha value is -2.84. The molecule has 0 N–H and O–H groups in total. The van der Waals surface area contributed by atoms with Gasteiger partial charge in [-0.1, -0.05) is 12.1 Å². The van der Waals surface area contributed by atoms with E-state index in [0.717, 1.165) is 12.1 Å². The number of likely N-dealkylation sites (tertiary alicyclic amines) is 2. The average Bonchev–Trinajstić information content (AvgIpc) is 3.22. The SMILES string of the molecule is Cc1nn(C)cc1C(=O)N1CC[C@@]2(C)[C@@H]1CCC(=O)N2Cc1ccc(C(F)(F)F)cc1. The summed E-state index contributed by atoms with van der Waals surface area (Å²) in [5.41, 5.74) is 0.572. The van der Waals surface area contributed by atoms with Crippen LogP contribution >= 0.6 is 0 Å². The second-order valence-electron chi connectivity index (χ2n) is 8.64. The molecule has 0 aliphatic carbocycles. The first-order chi connectivity index (χ1) is 14.5. The van der Waals surface area contributed by atoms with E-state index in [1.807, 2.05) is 11.8 Å². The molecular formula is C22H25F3N4O2. The maximum atomic E-state index is 13.2. The van der Waals surface area contributed by atoms with Gasteiger partial charge in [-0.15, -0.1) is 0 Å². The molecule has 2 atom stereocenters. The Kier molecular flexibility index (Phi) is 5.10. The Morgan fingerprint density at radius 3 is 2.52 bits per heavy atom. The monoisotopic (exact) mass is 434 g/mol. The summed E-state index contributed by atoms with van der Waals surface area (Å²) < 4.78 is 40.2. The highest BCUT2D eigenvalue weighted by molar-refractivity contribution is 5.96. The molecule has 9 heteroatoms. The van der Waals surface area contributed by atoms with Crippen LogP contribution in [0.25, 0.3) is 0 Å². The Bertz CT molecular complexity index is 1010. The van der Waals surface area contributed by atoms with Crippen molar-refractivity contribution >= 4 is 11.8 Å². The quantitative estimate of drug-likeness (QED) is 0.743. The van der Waals surface area contributed by atoms with Crippen molar-refractivity contribution in [3.63, 3.8) is 0 Å². The summed E-state index contributed by atoms with van der Waals surface area (Å²) in [6.07, 6.45) is -1.19. The van der Waals surface area contributed by atoms with Gasteiger partial charge in [-0.3, -0.25) is 14.3 Å². The summed E-state index contributed by atoms with van der Waals surface area (Å²) >= 11 is 0. The molecule has 0 spiro atoms. The Morgan fingerprint density at radius 2 is 1.94 bits per heavy atom. The lowest BCUT2D eigenvalue weighted by molar-refractivity contribution is -0.144. The minimum Gasteiger partial charge on any atom is -0.333 e. The molecule has 2 aromatic rings. The van der Waals surface area contributed by atoms with Crippen molar-refractivity contribution in [3.8, 4) is 0 Å². The van der Waals surface area contributed by atoms with Gasteiger partial charge in [0.05, 0.1) is 28.4 Å². The van der Waals surface area contributed by atoms with Gasteiger partial charge < -0.3 is 9.80 Å². The molecule has 2 aliphatic heterocycles. The first-order valence-corrected chi connectivity index (χ1v) is 10.3. The van der Waals surface area contributed by atoms with Crippen molar-refractivity contribution in [2.45, 2.75) is 57.4 Å². The van der Waals surface area contributed by atoms with Crippen LogP contribution < -0.4 is 0 Å². The zero-order valence-electron chi connectivity index (χ0n) is 17.7. The predicted octanol–water partition coefficient (Wildman–Crippen LogP) is 3.54. The molecule has 3 heterocycles. The second kappa shape index (κ2) is 7.39. The van der Waals surface area contributed by atoms with E-state index in [0.29, 0.717) is 42.6 Å². The molecule has 0 radical (unpaired) electrons. The van der Waals surface area contributed by atoms with E-state index in [1.54, 1.807) is 29.7 Å². The molecule has 1 aromatic heterocycles. The number of hydrogen-bond donors (Lipinski definition) is 0. The van der Waals surface area contributed by atoms with Gasteiger partial charge in [0.15, 0.2) is 0 Å². The van der Waals surface area contributed by atoms with Gasteiger partial charge in [0, 0.05) is 32.8 Å². The highest BCUT2D eigenvalue weighted by Crippen LogP contribution is 2.42.